The Kier molecular flexibility index (Phi) is 3.45. The molecule has 2 heteroatoms. The largest absolute Gasteiger partial charge is 0.303 e. The zero-order chi connectivity index (χ0) is 9.97. The zero-order valence-electron chi connectivity index (χ0n) is 9.71. The summed E-state index contributed by atoms with van der Waals surface area (Å²) in [6.45, 7) is 12.7. The summed E-state index contributed by atoms with van der Waals surface area (Å²) in [7, 11) is 0. The van der Waals surface area contributed by atoms with Crippen LogP contribution in [-0.2, 0) is 0 Å². The second-order valence-corrected chi connectivity index (χ2v) is 5.04. The van der Waals surface area contributed by atoms with Gasteiger partial charge >= 0.3 is 0 Å². The predicted octanol–water partition coefficient (Wildman–Crippen LogP) is 1.67. The molecule has 0 N–H and O–H groups in total. The molecule has 0 aromatic carbocycles. The maximum atomic E-state index is 2.67. The third-order valence-electron chi connectivity index (χ3n) is 3.72. The zero-order valence-corrected chi connectivity index (χ0v) is 9.71. The van der Waals surface area contributed by atoms with E-state index in [4.69, 9.17) is 0 Å². The van der Waals surface area contributed by atoms with Crippen molar-refractivity contribution < 1.29 is 0 Å². The molecule has 2 heterocycles. The van der Waals surface area contributed by atoms with Crippen LogP contribution in [-0.4, -0.2) is 49.1 Å². The van der Waals surface area contributed by atoms with Crippen LogP contribution in [0.5, 0.6) is 0 Å². The van der Waals surface area contributed by atoms with E-state index in [1.54, 1.807) is 0 Å². The number of nitrogens with zero attached hydrogens (tertiary/aromatic N) is 2. The molecule has 2 saturated heterocycles. The predicted molar refractivity (Wildman–Crippen MR) is 60.4 cm³/mol. The molecule has 0 aliphatic carbocycles. The molecule has 0 spiro atoms. The van der Waals surface area contributed by atoms with Gasteiger partial charge in [0.05, 0.1) is 0 Å². The fourth-order valence-corrected chi connectivity index (χ4v) is 3.19. The van der Waals surface area contributed by atoms with Crippen LogP contribution in [0.15, 0.2) is 0 Å². The van der Waals surface area contributed by atoms with Gasteiger partial charge in [-0.15, -0.1) is 0 Å². The first kappa shape index (κ1) is 10.4. The number of hydrogen-bond donors (Lipinski definition) is 0. The first-order valence-electron chi connectivity index (χ1n) is 6.28. The SMILES string of the molecule is CCCN1CC2CN(CCC)CC2C1. The van der Waals surface area contributed by atoms with E-state index in [0.29, 0.717) is 0 Å². The summed E-state index contributed by atoms with van der Waals surface area (Å²) in [5.41, 5.74) is 0. The van der Waals surface area contributed by atoms with Crippen molar-refractivity contribution in [3.05, 3.63) is 0 Å². The molecule has 0 bridgehead atoms. The van der Waals surface area contributed by atoms with Crippen molar-refractivity contribution in [1.82, 2.24) is 9.80 Å². The van der Waals surface area contributed by atoms with E-state index in [1.165, 1.54) is 52.1 Å². The van der Waals surface area contributed by atoms with Gasteiger partial charge in [-0.3, -0.25) is 0 Å². The van der Waals surface area contributed by atoms with Crippen molar-refractivity contribution in [2.45, 2.75) is 26.7 Å². The molecule has 2 aliphatic heterocycles. The van der Waals surface area contributed by atoms with Crippen LogP contribution < -0.4 is 0 Å². The summed E-state index contributed by atoms with van der Waals surface area (Å²) >= 11 is 0. The van der Waals surface area contributed by atoms with Crippen molar-refractivity contribution in [2.24, 2.45) is 11.8 Å². The monoisotopic (exact) mass is 196 g/mol. The van der Waals surface area contributed by atoms with Crippen LogP contribution in [0.2, 0.25) is 0 Å². The van der Waals surface area contributed by atoms with Gasteiger partial charge in [-0.05, 0) is 37.8 Å². The van der Waals surface area contributed by atoms with Crippen LogP contribution in [0.4, 0.5) is 0 Å². The van der Waals surface area contributed by atoms with E-state index in [2.05, 4.69) is 23.6 Å². The molecule has 0 unspecified atom stereocenters. The number of hydrogen-bond acceptors (Lipinski definition) is 2. The highest BCUT2D eigenvalue weighted by atomic mass is 15.2. The van der Waals surface area contributed by atoms with Gasteiger partial charge in [0, 0.05) is 26.2 Å². The van der Waals surface area contributed by atoms with Crippen molar-refractivity contribution in [1.29, 1.82) is 0 Å². The average Bonchev–Trinajstić information content (AvgIpc) is 2.62. The molecule has 0 atom stereocenters. The summed E-state index contributed by atoms with van der Waals surface area (Å²) in [5, 5.41) is 0. The Morgan fingerprint density at radius 1 is 0.786 bits per heavy atom. The molecule has 82 valence electrons. The average molecular weight is 196 g/mol. The molecule has 2 aliphatic rings. The molecular weight excluding hydrogens is 172 g/mol. The van der Waals surface area contributed by atoms with Crippen molar-refractivity contribution >= 4 is 0 Å². The summed E-state index contributed by atoms with van der Waals surface area (Å²) < 4.78 is 0. The lowest BCUT2D eigenvalue weighted by atomic mass is 10.0. The fraction of sp³-hybridized carbons (Fsp3) is 1.00. The highest BCUT2D eigenvalue weighted by Crippen LogP contribution is 2.30. The second-order valence-electron chi connectivity index (χ2n) is 5.04. The molecular formula is C12H24N2. The van der Waals surface area contributed by atoms with Crippen molar-refractivity contribution in [3.63, 3.8) is 0 Å². The maximum Gasteiger partial charge on any atom is 0.00256 e. The Morgan fingerprint density at radius 2 is 1.14 bits per heavy atom. The Labute approximate surface area is 88.3 Å². The van der Waals surface area contributed by atoms with E-state index in [9.17, 15) is 0 Å². The summed E-state index contributed by atoms with van der Waals surface area (Å²) in [6.07, 6.45) is 2.64. The van der Waals surface area contributed by atoms with Gasteiger partial charge in [0.25, 0.3) is 0 Å². The minimum atomic E-state index is 0.994. The van der Waals surface area contributed by atoms with E-state index in [0.717, 1.165) is 11.8 Å². The molecule has 2 nitrogen and oxygen atoms in total. The second kappa shape index (κ2) is 4.63. The fourth-order valence-electron chi connectivity index (χ4n) is 3.19. The first-order valence-corrected chi connectivity index (χ1v) is 6.28. The Hall–Kier alpha value is -0.0800. The molecule has 0 radical (unpaired) electrons. The van der Waals surface area contributed by atoms with E-state index in [1.807, 2.05) is 0 Å². The highest BCUT2D eigenvalue weighted by Gasteiger charge is 2.38. The molecule has 14 heavy (non-hydrogen) atoms. The van der Waals surface area contributed by atoms with Gasteiger partial charge < -0.3 is 9.80 Å². The van der Waals surface area contributed by atoms with Gasteiger partial charge in [0.2, 0.25) is 0 Å². The summed E-state index contributed by atoms with van der Waals surface area (Å²) in [5.74, 6) is 1.99. The Balaban J connectivity index is 1.78. The van der Waals surface area contributed by atoms with E-state index < -0.39 is 0 Å². The lowest BCUT2D eigenvalue weighted by Gasteiger charge is -2.20. The lowest BCUT2D eigenvalue weighted by Crippen LogP contribution is -2.29. The third-order valence-corrected chi connectivity index (χ3v) is 3.72. The number of likely N-dealkylation sites (tertiary alicyclic amines) is 2. The van der Waals surface area contributed by atoms with Gasteiger partial charge in [-0.1, -0.05) is 13.8 Å². The van der Waals surface area contributed by atoms with Gasteiger partial charge in [0.15, 0.2) is 0 Å². The van der Waals surface area contributed by atoms with Crippen LogP contribution in [0, 0.1) is 11.8 Å². The number of fused-ring (bicyclic) bond motifs is 1. The summed E-state index contributed by atoms with van der Waals surface area (Å²) in [6, 6.07) is 0. The smallest absolute Gasteiger partial charge is 0.00256 e. The standard InChI is InChI=1S/C12H24N2/c1-3-5-13-7-11-9-14(6-4-2)10-12(11)8-13/h11-12H,3-10H2,1-2H3. The van der Waals surface area contributed by atoms with Crippen LogP contribution in [0.1, 0.15) is 26.7 Å². The van der Waals surface area contributed by atoms with Gasteiger partial charge in [-0.25, -0.2) is 0 Å². The van der Waals surface area contributed by atoms with E-state index >= 15 is 0 Å². The molecule has 0 aromatic rings. The Morgan fingerprint density at radius 3 is 1.43 bits per heavy atom. The van der Waals surface area contributed by atoms with Gasteiger partial charge in [0.1, 0.15) is 0 Å². The molecule has 2 fully saturated rings. The van der Waals surface area contributed by atoms with Crippen molar-refractivity contribution in [3.8, 4) is 0 Å². The first-order chi connectivity index (χ1) is 6.83. The highest BCUT2D eigenvalue weighted by molar-refractivity contribution is 4.92. The maximum absolute atomic E-state index is 2.67. The topological polar surface area (TPSA) is 6.48 Å². The van der Waals surface area contributed by atoms with Crippen LogP contribution in [0.25, 0.3) is 0 Å². The molecule has 0 amide bonds. The normalized spacial score (nSPS) is 33.9. The van der Waals surface area contributed by atoms with Crippen molar-refractivity contribution in [2.75, 3.05) is 39.3 Å². The number of rotatable bonds is 4. The molecule has 0 aromatic heterocycles. The van der Waals surface area contributed by atoms with Crippen LogP contribution in [0.3, 0.4) is 0 Å². The quantitative estimate of drug-likeness (QED) is 0.675. The Bertz CT molecular complexity index is 149. The van der Waals surface area contributed by atoms with Gasteiger partial charge in [-0.2, -0.15) is 0 Å². The summed E-state index contributed by atoms with van der Waals surface area (Å²) in [4.78, 5) is 5.33. The minimum absolute atomic E-state index is 0.994. The minimum Gasteiger partial charge on any atom is -0.303 e. The van der Waals surface area contributed by atoms with E-state index in [-0.39, 0.29) is 0 Å². The lowest BCUT2D eigenvalue weighted by molar-refractivity contribution is 0.256. The molecule has 0 saturated carbocycles. The molecule has 2 rings (SSSR count). The van der Waals surface area contributed by atoms with Crippen LogP contribution >= 0.6 is 0 Å². The third kappa shape index (κ3) is 2.12.